The van der Waals surface area contributed by atoms with Crippen molar-refractivity contribution in [2.45, 2.75) is 31.6 Å². The highest BCUT2D eigenvalue weighted by atomic mass is 32.2. The zero-order valence-electron chi connectivity index (χ0n) is 17.8. The van der Waals surface area contributed by atoms with Crippen LogP contribution in [0.25, 0.3) is 0 Å². The van der Waals surface area contributed by atoms with E-state index < -0.39 is 10.0 Å². The van der Waals surface area contributed by atoms with Crippen LogP contribution >= 0.6 is 0 Å². The second-order valence-corrected chi connectivity index (χ2v) is 9.19. The van der Waals surface area contributed by atoms with Gasteiger partial charge in [0.05, 0.1) is 10.6 Å². The number of rotatable bonds is 8. The SMILES string of the molecule is Cc1ccccc1NS(=O)(=O)c1ccc(OCC(=O)Nc2ccc(C(C)C)cc2)cc1. The lowest BCUT2D eigenvalue weighted by molar-refractivity contribution is -0.118. The van der Waals surface area contributed by atoms with Gasteiger partial charge in [0.25, 0.3) is 15.9 Å². The molecule has 3 aromatic rings. The first-order valence-electron chi connectivity index (χ1n) is 9.96. The van der Waals surface area contributed by atoms with Crippen LogP contribution in [0.2, 0.25) is 0 Å². The molecule has 0 aliphatic rings. The summed E-state index contributed by atoms with van der Waals surface area (Å²) in [5.41, 5.74) is 3.25. The van der Waals surface area contributed by atoms with Gasteiger partial charge >= 0.3 is 0 Å². The van der Waals surface area contributed by atoms with Crippen LogP contribution in [0.4, 0.5) is 11.4 Å². The van der Waals surface area contributed by atoms with Gasteiger partial charge in [-0.05, 0) is 66.4 Å². The van der Waals surface area contributed by atoms with Crippen molar-refractivity contribution >= 4 is 27.3 Å². The van der Waals surface area contributed by atoms with E-state index in [1.54, 1.807) is 12.1 Å². The van der Waals surface area contributed by atoms with Crippen molar-refractivity contribution < 1.29 is 17.9 Å². The highest BCUT2D eigenvalue weighted by Crippen LogP contribution is 2.21. The van der Waals surface area contributed by atoms with Gasteiger partial charge in [-0.3, -0.25) is 9.52 Å². The molecule has 3 rings (SSSR count). The second kappa shape index (κ2) is 9.66. The van der Waals surface area contributed by atoms with Crippen molar-refractivity contribution in [2.24, 2.45) is 0 Å². The zero-order valence-corrected chi connectivity index (χ0v) is 18.6. The summed E-state index contributed by atoms with van der Waals surface area (Å²) in [6.45, 7) is 5.87. The molecule has 0 aliphatic heterocycles. The Kier molecular flexibility index (Phi) is 6.97. The van der Waals surface area contributed by atoms with Gasteiger partial charge in [-0.2, -0.15) is 0 Å². The van der Waals surface area contributed by atoms with Crippen LogP contribution in [0.1, 0.15) is 30.9 Å². The van der Waals surface area contributed by atoms with Crippen LogP contribution < -0.4 is 14.8 Å². The fourth-order valence-corrected chi connectivity index (χ4v) is 4.03. The second-order valence-electron chi connectivity index (χ2n) is 7.51. The summed E-state index contributed by atoms with van der Waals surface area (Å²) < 4.78 is 33.2. The molecule has 0 saturated heterocycles. The Hall–Kier alpha value is -3.32. The van der Waals surface area contributed by atoms with Crippen LogP contribution in [-0.4, -0.2) is 20.9 Å². The van der Waals surface area contributed by atoms with Crippen molar-refractivity contribution in [3.05, 3.63) is 83.9 Å². The highest BCUT2D eigenvalue weighted by Gasteiger charge is 2.15. The Bertz CT molecular complexity index is 1140. The minimum atomic E-state index is -3.72. The van der Waals surface area contributed by atoms with Crippen molar-refractivity contribution in [3.8, 4) is 5.75 Å². The number of ether oxygens (including phenoxy) is 1. The molecule has 7 heteroatoms. The first-order chi connectivity index (χ1) is 14.7. The van der Waals surface area contributed by atoms with Crippen LogP contribution in [0.3, 0.4) is 0 Å². The monoisotopic (exact) mass is 438 g/mol. The lowest BCUT2D eigenvalue weighted by atomic mass is 10.0. The summed E-state index contributed by atoms with van der Waals surface area (Å²) in [4.78, 5) is 12.2. The number of nitrogens with one attached hydrogen (secondary N) is 2. The standard InChI is InChI=1S/C24H26N2O4S/c1-17(2)19-8-10-20(11-9-19)25-24(27)16-30-21-12-14-22(15-13-21)31(28,29)26-23-7-5-4-6-18(23)3/h4-15,17,26H,16H2,1-3H3,(H,25,27). The first-order valence-corrected chi connectivity index (χ1v) is 11.4. The third-order valence-electron chi connectivity index (χ3n) is 4.75. The van der Waals surface area contributed by atoms with E-state index in [4.69, 9.17) is 4.74 Å². The van der Waals surface area contributed by atoms with Crippen molar-refractivity contribution in [3.63, 3.8) is 0 Å². The maximum Gasteiger partial charge on any atom is 0.262 e. The predicted octanol–water partition coefficient (Wildman–Crippen LogP) is 4.94. The number of hydrogen-bond donors (Lipinski definition) is 2. The number of para-hydroxylation sites is 1. The lowest BCUT2D eigenvalue weighted by Gasteiger charge is -2.11. The van der Waals surface area contributed by atoms with E-state index >= 15 is 0 Å². The number of carbonyl (C=O) groups is 1. The van der Waals surface area contributed by atoms with E-state index in [1.807, 2.05) is 43.3 Å². The number of sulfonamides is 1. The Labute approximate surface area is 183 Å². The van der Waals surface area contributed by atoms with Gasteiger partial charge in [0, 0.05) is 5.69 Å². The third-order valence-corrected chi connectivity index (χ3v) is 6.14. The van der Waals surface area contributed by atoms with Crippen molar-refractivity contribution in [2.75, 3.05) is 16.6 Å². The van der Waals surface area contributed by atoms with E-state index in [9.17, 15) is 13.2 Å². The molecular formula is C24H26N2O4S. The van der Waals surface area contributed by atoms with Crippen LogP contribution in [-0.2, 0) is 14.8 Å². The van der Waals surface area contributed by atoms with E-state index in [1.165, 1.54) is 29.8 Å². The molecule has 0 aliphatic carbocycles. The maximum absolute atomic E-state index is 12.6. The molecule has 0 atom stereocenters. The number of anilines is 2. The van der Waals surface area contributed by atoms with Gasteiger partial charge in [0.1, 0.15) is 5.75 Å². The fraction of sp³-hybridized carbons (Fsp3) is 0.208. The molecule has 0 aromatic heterocycles. The zero-order chi connectivity index (χ0) is 22.4. The quantitative estimate of drug-likeness (QED) is 0.522. The van der Waals surface area contributed by atoms with Gasteiger partial charge in [-0.1, -0.05) is 44.2 Å². The normalized spacial score (nSPS) is 11.2. The third kappa shape index (κ3) is 6.08. The molecule has 6 nitrogen and oxygen atoms in total. The number of benzene rings is 3. The van der Waals surface area contributed by atoms with Gasteiger partial charge < -0.3 is 10.1 Å². The van der Waals surface area contributed by atoms with E-state index in [0.717, 1.165) is 5.56 Å². The Balaban J connectivity index is 1.56. The molecule has 0 saturated carbocycles. The Morgan fingerprint density at radius 3 is 2.19 bits per heavy atom. The average molecular weight is 439 g/mol. The van der Waals surface area contributed by atoms with Crippen molar-refractivity contribution in [1.29, 1.82) is 0 Å². The lowest BCUT2D eigenvalue weighted by Crippen LogP contribution is -2.20. The van der Waals surface area contributed by atoms with Gasteiger partial charge in [-0.25, -0.2) is 8.42 Å². The van der Waals surface area contributed by atoms with E-state index in [2.05, 4.69) is 23.9 Å². The topological polar surface area (TPSA) is 84.5 Å². The smallest absolute Gasteiger partial charge is 0.262 e. The summed E-state index contributed by atoms with van der Waals surface area (Å²) in [5, 5.41) is 2.78. The number of carbonyl (C=O) groups excluding carboxylic acids is 1. The largest absolute Gasteiger partial charge is 0.484 e. The van der Waals surface area contributed by atoms with Gasteiger partial charge in [0.2, 0.25) is 0 Å². The van der Waals surface area contributed by atoms with Crippen LogP contribution in [0.15, 0.2) is 77.7 Å². The molecule has 1 amide bonds. The molecule has 0 radical (unpaired) electrons. The van der Waals surface area contributed by atoms with Crippen LogP contribution in [0, 0.1) is 6.92 Å². The Morgan fingerprint density at radius 1 is 0.935 bits per heavy atom. The maximum atomic E-state index is 12.6. The fourth-order valence-electron chi connectivity index (χ4n) is 2.90. The summed E-state index contributed by atoms with van der Waals surface area (Å²) in [6.07, 6.45) is 0. The molecule has 0 heterocycles. The van der Waals surface area contributed by atoms with Gasteiger partial charge in [-0.15, -0.1) is 0 Å². The molecule has 2 N–H and O–H groups in total. The molecule has 0 spiro atoms. The number of aryl methyl sites for hydroxylation is 1. The predicted molar refractivity (Wildman–Crippen MR) is 123 cm³/mol. The minimum Gasteiger partial charge on any atom is -0.484 e. The summed E-state index contributed by atoms with van der Waals surface area (Å²) in [7, 11) is -3.72. The first kappa shape index (κ1) is 22.4. The summed E-state index contributed by atoms with van der Waals surface area (Å²) in [5.74, 6) is 0.530. The molecule has 0 fully saturated rings. The molecule has 31 heavy (non-hydrogen) atoms. The highest BCUT2D eigenvalue weighted by molar-refractivity contribution is 7.92. The van der Waals surface area contributed by atoms with Crippen molar-refractivity contribution in [1.82, 2.24) is 0 Å². The minimum absolute atomic E-state index is 0.109. The molecule has 3 aromatic carbocycles. The summed E-state index contributed by atoms with van der Waals surface area (Å²) >= 11 is 0. The van der Waals surface area contributed by atoms with E-state index in [0.29, 0.717) is 23.0 Å². The number of hydrogen-bond acceptors (Lipinski definition) is 4. The molecule has 162 valence electrons. The average Bonchev–Trinajstić information content (AvgIpc) is 2.74. The molecule has 0 unspecified atom stereocenters. The Morgan fingerprint density at radius 2 is 1.58 bits per heavy atom. The summed E-state index contributed by atoms with van der Waals surface area (Å²) in [6, 6.07) is 20.8. The molecule has 0 bridgehead atoms. The van der Waals surface area contributed by atoms with Crippen LogP contribution in [0.5, 0.6) is 5.75 Å². The number of amides is 1. The molecular weight excluding hydrogens is 412 g/mol. The van der Waals surface area contributed by atoms with Gasteiger partial charge in [0.15, 0.2) is 6.61 Å². The van der Waals surface area contributed by atoms with E-state index in [-0.39, 0.29) is 17.4 Å².